The normalized spacial score (nSPS) is 10.7. The molecule has 3 aromatic rings. The highest BCUT2D eigenvalue weighted by Crippen LogP contribution is 2.26. The zero-order valence-electron chi connectivity index (χ0n) is 13.0. The van der Waals surface area contributed by atoms with Crippen LogP contribution in [0.1, 0.15) is 12.5 Å². The first-order valence-electron chi connectivity index (χ1n) is 7.27. The Hall–Kier alpha value is -2.41. The van der Waals surface area contributed by atoms with Gasteiger partial charge in [0.05, 0.1) is 13.3 Å². The van der Waals surface area contributed by atoms with Crippen LogP contribution in [0.25, 0.3) is 11.5 Å². The molecule has 3 rings (SSSR count). The van der Waals surface area contributed by atoms with E-state index >= 15 is 0 Å². The first kappa shape index (κ1) is 15.5. The van der Waals surface area contributed by atoms with Gasteiger partial charge in [0.25, 0.3) is 0 Å². The zero-order valence-corrected chi connectivity index (χ0v) is 13.8. The summed E-state index contributed by atoms with van der Waals surface area (Å²) < 4.78 is 7.31. The van der Waals surface area contributed by atoms with Crippen LogP contribution in [-0.4, -0.2) is 31.8 Å². The highest BCUT2D eigenvalue weighted by atomic mass is 32.2. The molecule has 118 valence electrons. The number of aromatic nitrogens is 5. The standard InChI is InChI=1S/C16H17N5OS/c1-3-21-15(14-10-17-7-8-18-14)19-20-16(21)23-11-12-5-4-6-13(9-12)22-2/h4-10H,3,11H2,1-2H3. The SMILES string of the molecule is CCn1c(SCc2cccc(OC)c2)nnc1-c1cnccn1. The molecule has 0 atom stereocenters. The first-order chi connectivity index (χ1) is 11.3. The second-order valence-corrected chi connectivity index (χ2v) is 5.72. The molecule has 0 N–H and O–H groups in total. The molecule has 7 heteroatoms. The van der Waals surface area contributed by atoms with E-state index in [0.717, 1.165) is 34.7 Å². The molecule has 0 radical (unpaired) electrons. The van der Waals surface area contributed by atoms with E-state index in [9.17, 15) is 0 Å². The van der Waals surface area contributed by atoms with Gasteiger partial charge in [0, 0.05) is 24.7 Å². The maximum atomic E-state index is 5.26. The van der Waals surface area contributed by atoms with E-state index in [4.69, 9.17) is 4.74 Å². The molecule has 0 saturated heterocycles. The Morgan fingerprint density at radius 3 is 2.87 bits per heavy atom. The van der Waals surface area contributed by atoms with Crippen LogP contribution in [0, 0.1) is 0 Å². The van der Waals surface area contributed by atoms with Crippen LogP contribution < -0.4 is 4.74 Å². The minimum atomic E-state index is 0.732. The monoisotopic (exact) mass is 327 g/mol. The molecule has 0 saturated carbocycles. The summed E-state index contributed by atoms with van der Waals surface area (Å²) in [6, 6.07) is 8.04. The first-order valence-corrected chi connectivity index (χ1v) is 8.25. The van der Waals surface area contributed by atoms with E-state index < -0.39 is 0 Å². The summed E-state index contributed by atoms with van der Waals surface area (Å²) in [5.41, 5.74) is 1.91. The summed E-state index contributed by atoms with van der Waals surface area (Å²) in [6.07, 6.45) is 5.01. The third kappa shape index (κ3) is 3.50. The molecule has 0 aliphatic rings. The van der Waals surface area contributed by atoms with Crippen molar-refractivity contribution < 1.29 is 4.74 Å². The third-order valence-electron chi connectivity index (χ3n) is 3.33. The van der Waals surface area contributed by atoms with Crippen molar-refractivity contribution in [2.45, 2.75) is 24.4 Å². The van der Waals surface area contributed by atoms with Crippen LogP contribution in [-0.2, 0) is 12.3 Å². The molecule has 0 aliphatic carbocycles. The van der Waals surface area contributed by atoms with Gasteiger partial charge in [-0.15, -0.1) is 10.2 Å². The summed E-state index contributed by atoms with van der Waals surface area (Å²) in [5, 5.41) is 9.44. The van der Waals surface area contributed by atoms with Crippen molar-refractivity contribution in [3.63, 3.8) is 0 Å². The molecule has 0 fully saturated rings. The van der Waals surface area contributed by atoms with Crippen LogP contribution >= 0.6 is 11.8 Å². The lowest BCUT2D eigenvalue weighted by Crippen LogP contribution is -2.01. The van der Waals surface area contributed by atoms with Crippen LogP contribution in [0.15, 0.2) is 48.0 Å². The molecule has 0 bridgehead atoms. The predicted molar refractivity (Wildman–Crippen MR) is 89.3 cm³/mol. The van der Waals surface area contributed by atoms with E-state index in [1.54, 1.807) is 37.5 Å². The highest BCUT2D eigenvalue weighted by molar-refractivity contribution is 7.98. The summed E-state index contributed by atoms with van der Waals surface area (Å²) in [4.78, 5) is 8.39. The molecule has 2 heterocycles. The Kier molecular flexibility index (Phi) is 4.87. The van der Waals surface area contributed by atoms with Gasteiger partial charge in [-0.25, -0.2) is 4.98 Å². The average molecular weight is 327 g/mol. The van der Waals surface area contributed by atoms with Gasteiger partial charge in [-0.05, 0) is 24.6 Å². The van der Waals surface area contributed by atoms with Gasteiger partial charge in [0.15, 0.2) is 11.0 Å². The van der Waals surface area contributed by atoms with Crippen molar-refractivity contribution in [3.05, 3.63) is 48.4 Å². The molecule has 23 heavy (non-hydrogen) atoms. The summed E-state index contributed by atoms with van der Waals surface area (Å²) in [7, 11) is 1.67. The second-order valence-electron chi connectivity index (χ2n) is 4.78. The van der Waals surface area contributed by atoms with Crippen LogP contribution in [0.5, 0.6) is 5.75 Å². The van der Waals surface area contributed by atoms with Crippen LogP contribution in [0.2, 0.25) is 0 Å². The second kappa shape index (κ2) is 7.23. The Bertz CT molecular complexity index is 775. The van der Waals surface area contributed by atoms with Gasteiger partial charge in [0.2, 0.25) is 0 Å². The number of benzene rings is 1. The number of rotatable bonds is 6. The third-order valence-corrected chi connectivity index (χ3v) is 4.37. The molecule has 6 nitrogen and oxygen atoms in total. The predicted octanol–water partition coefficient (Wildman–Crippen LogP) is 3.06. The molecule has 2 aromatic heterocycles. The van der Waals surface area contributed by atoms with Crippen molar-refractivity contribution in [2.24, 2.45) is 0 Å². The van der Waals surface area contributed by atoms with E-state index in [1.807, 2.05) is 18.2 Å². The summed E-state index contributed by atoms with van der Waals surface area (Å²) >= 11 is 1.65. The lowest BCUT2D eigenvalue weighted by atomic mass is 10.2. The number of ether oxygens (including phenoxy) is 1. The molecule has 0 amide bonds. The Morgan fingerprint density at radius 2 is 2.13 bits per heavy atom. The van der Waals surface area contributed by atoms with Gasteiger partial charge < -0.3 is 9.30 Å². The van der Waals surface area contributed by atoms with Crippen LogP contribution in [0.3, 0.4) is 0 Å². The van der Waals surface area contributed by atoms with Crippen molar-refractivity contribution in [2.75, 3.05) is 7.11 Å². The molecule has 0 spiro atoms. The lowest BCUT2D eigenvalue weighted by Gasteiger charge is -2.07. The molecular formula is C16H17N5OS. The van der Waals surface area contributed by atoms with Crippen molar-refractivity contribution >= 4 is 11.8 Å². The van der Waals surface area contributed by atoms with Gasteiger partial charge in [-0.3, -0.25) is 4.98 Å². The smallest absolute Gasteiger partial charge is 0.191 e. The van der Waals surface area contributed by atoms with Crippen molar-refractivity contribution in [1.82, 2.24) is 24.7 Å². The Labute approximate surface area is 139 Å². The zero-order chi connectivity index (χ0) is 16.1. The van der Waals surface area contributed by atoms with E-state index in [-0.39, 0.29) is 0 Å². The molecule has 0 aliphatic heterocycles. The highest BCUT2D eigenvalue weighted by Gasteiger charge is 2.14. The van der Waals surface area contributed by atoms with E-state index in [0.29, 0.717) is 0 Å². The molecular weight excluding hydrogens is 310 g/mol. The average Bonchev–Trinajstić information content (AvgIpc) is 3.04. The lowest BCUT2D eigenvalue weighted by molar-refractivity contribution is 0.414. The van der Waals surface area contributed by atoms with Crippen LogP contribution in [0.4, 0.5) is 0 Å². The van der Waals surface area contributed by atoms with Gasteiger partial charge >= 0.3 is 0 Å². The summed E-state index contributed by atoms with van der Waals surface area (Å²) in [5.74, 6) is 2.41. The van der Waals surface area contributed by atoms with Gasteiger partial charge in [-0.1, -0.05) is 23.9 Å². The quantitative estimate of drug-likeness (QED) is 0.648. The Morgan fingerprint density at radius 1 is 1.22 bits per heavy atom. The Balaban J connectivity index is 1.79. The van der Waals surface area contributed by atoms with Gasteiger partial charge in [0.1, 0.15) is 11.4 Å². The number of hydrogen-bond donors (Lipinski definition) is 0. The maximum Gasteiger partial charge on any atom is 0.191 e. The van der Waals surface area contributed by atoms with Gasteiger partial charge in [-0.2, -0.15) is 0 Å². The maximum absolute atomic E-state index is 5.26. The topological polar surface area (TPSA) is 65.7 Å². The minimum absolute atomic E-state index is 0.732. The molecule has 0 unspecified atom stereocenters. The van der Waals surface area contributed by atoms with Crippen molar-refractivity contribution in [3.8, 4) is 17.3 Å². The fraction of sp³-hybridized carbons (Fsp3) is 0.250. The fourth-order valence-electron chi connectivity index (χ4n) is 2.19. The van der Waals surface area contributed by atoms with E-state index in [1.165, 1.54) is 5.56 Å². The number of nitrogens with zero attached hydrogens (tertiary/aromatic N) is 5. The summed E-state index contributed by atoms with van der Waals surface area (Å²) in [6.45, 7) is 2.85. The van der Waals surface area contributed by atoms with E-state index in [2.05, 4.69) is 37.7 Å². The fourth-order valence-corrected chi connectivity index (χ4v) is 3.14. The number of methoxy groups -OCH3 is 1. The van der Waals surface area contributed by atoms with Crippen molar-refractivity contribution in [1.29, 1.82) is 0 Å². The minimum Gasteiger partial charge on any atom is -0.497 e. The molecule has 1 aromatic carbocycles. The number of hydrogen-bond acceptors (Lipinski definition) is 6. The largest absolute Gasteiger partial charge is 0.497 e. The number of thioether (sulfide) groups is 1.